The molecule has 0 N–H and O–H groups in total. The summed E-state index contributed by atoms with van der Waals surface area (Å²) in [6.45, 7) is 0.669. The molecule has 5 rings (SSSR count). The molecule has 3 aromatic rings. The number of hydrogen-bond acceptors (Lipinski definition) is 6. The predicted molar refractivity (Wildman–Crippen MR) is 113 cm³/mol. The number of carbonyl (C=O) groups is 4. The molecule has 0 aliphatic carbocycles. The lowest BCUT2D eigenvalue weighted by molar-refractivity contribution is -0.115. The Morgan fingerprint density at radius 2 is 1.52 bits per heavy atom. The monoisotopic (exact) mass is 479 g/mol. The summed E-state index contributed by atoms with van der Waals surface area (Å²) in [5.41, 5.74) is 2.37. The lowest BCUT2D eigenvalue weighted by Gasteiger charge is -2.16. The van der Waals surface area contributed by atoms with Crippen LogP contribution in [0, 0.1) is 0 Å². The van der Waals surface area contributed by atoms with Crippen molar-refractivity contribution in [1.29, 1.82) is 0 Å². The van der Waals surface area contributed by atoms with E-state index in [1.807, 2.05) is 0 Å². The molecule has 0 atom stereocenters. The highest BCUT2D eigenvalue weighted by molar-refractivity contribution is 9.10. The quantitative estimate of drug-likeness (QED) is 0.518. The van der Waals surface area contributed by atoms with Gasteiger partial charge in [0.15, 0.2) is 0 Å². The zero-order valence-corrected chi connectivity index (χ0v) is 17.6. The van der Waals surface area contributed by atoms with Gasteiger partial charge in [-0.15, -0.1) is 5.10 Å². The van der Waals surface area contributed by atoms with Gasteiger partial charge in [-0.1, -0.05) is 33.3 Å². The Hall–Kier alpha value is -3.66. The molecule has 1 aromatic heterocycles. The van der Waals surface area contributed by atoms with Crippen LogP contribution in [0.5, 0.6) is 0 Å². The summed E-state index contributed by atoms with van der Waals surface area (Å²) >= 11 is 3.31. The van der Waals surface area contributed by atoms with Gasteiger partial charge in [0.2, 0.25) is 0 Å². The zero-order chi connectivity index (χ0) is 21.7. The summed E-state index contributed by atoms with van der Waals surface area (Å²) in [5.74, 6) is -2.25. The number of ketones is 2. The summed E-state index contributed by atoms with van der Waals surface area (Å²) in [6.07, 6.45) is 1.66. The molecule has 0 saturated carbocycles. The van der Waals surface area contributed by atoms with E-state index in [0.29, 0.717) is 34.7 Å². The van der Waals surface area contributed by atoms with Crippen LogP contribution < -0.4 is 9.80 Å². The minimum Gasteiger partial charge on any atom is -0.303 e. The van der Waals surface area contributed by atoms with Gasteiger partial charge in [-0.2, -0.15) is 0 Å². The van der Waals surface area contributed by atoms with Crippen LogP contribution in [0.3, 0.4) is 0 Å². The highest BCUT2D eigenvalue weighted by Gasteiger charge is 2.37. The Bertz CT molecular complexity index is 1280. The third-order valence-corrected chi connectivity index (χ3v) is 5.76. The topological polar surface area (TPSA) is 105 Å². The SMILES string of the molecule is O=C1C(=O)N(CCn2cc(CN3C(=O)C(=O)c4cc(Br)ccc43)nn2)c2ccccc21. The van der Waals surface area contributed by atoms with Gasteiger partial charge >= 0.3 is 0 Å². The summed E-state index contributed by atoms with van der Waals surface area (Å²) in [4.78, 5) is 51.8. The Morgan fingerprint density at radius 3 is 2.35 bits per heavy atom. The minimum absolute atomic E-state index is 0.100. The minimum atomic E-state index is -0.611. The fourth-order valence-electron chi connectivity index (χ4n) is 3.78. The van der Waals surface area contributed by atoms with E-state index in [-0.39, 0.29) is 13.1 Å². The van der Waals surface area contributed by atoms with Crippen molar-refractivity contribution < 1.29 is 19.2 Å². The van der Waals surface area contributed by atoms with E-state index in [2.05, 4.69) is 26.2 Å². The largest absolute Gasteiger partial charge is 0.303 e. The number of anilines is 2. The maximum Gasteiger partial charge on any atom is 0.299 e. The molecule has 2 aliphatic heterocycles. The molecule has 154 valence electrons. The van der Waals surface area contributed by atoms with Crippen LogP contribution in [-0.2, 0) is 22.7 Å². The van der Waals surface area contributed by atoms with E-state index >= 15 is 0 Å². The van der Waals surface area contributed by atoms with Crippen LogP contribution in [0.15, 0.2) is 53.1 Å². The van der Waals surface area contributed by atoms with Crippen molar-refractivity contribution in [2.75, 3.05) is 16.3 Å². The first-order valence-corrected chi connectivity index (χ1v) is 10.2. The van der Waals surface area contributed by atoms with Crippen molar-refractivity contribution in [1.82, 2.24) is 15.0 Å². The van der Waals surface area contributed by atoms with Crippen LogP contribution in [0.2, 0.25) is 0 Å². The Morgan fingerprint density at radius 1 is 0.806 bits per heavy atom. The molecule has 2 aromatic carbocycles. The summed E-state index contributed by atoms with van der Waals surface area (Å²) < 4.78 is 2.26. The standard InChI is InChI=1S/C21H14BrN5O4/c22-12-5-6-17-15(9-12)19(29)21(31)27(17)11-13-10-25(24-23-13)7-8-26-16-4-2-1-3-14(16)18(28)20(26)30/h1-6,9-10H,7-8,11H2. The van der Waals surface area contributed by atoms with E-state index in [1.54, 1.807) is 53.3 Å². The number of halogens is 1. The smallest absolute Gasteiger partial charge is 0.299 e. The maximum absolute atomic E-state index is 12.4. The van der Waals surface area contributed by atoms with Crippen LogP contribution in [0.4, 0.5) is 11.4 Å². The zero-order valence-electron chi connectivity index (χ0n) is 16.0. The number of fused-ring (bicyclic) bond motifs is 2. The summed E-state index contributed by atoms with van der Waals surface area (Å²) in [6, 6.07) is 12.0. The van der Waals surface area contributed by atoms with Crippen LogP contribution in [-0.4, -0.2) is 44.9 Å². The Kier molecular flexibility index (Phi) is 4.51. The van der Waals surface area contributed by atoms with Crippen LogP contribution >= 0.6 is 15.9 Å². The van der Waals surface area contributed by atoms with Crippen molar-refractivity contribution in [3.8, 4) is 0 Å². The molecule has 0 saturated heterocycles. The Balaban J connectivity index is 1.30. The first kappa shape index (κ1) is 19.3. The van der Waals surface area contributed by atoms with Crippen molar-refractivity contribution in [2.45, 2.75) is 13.1 Å². The average molecular weight is 480 g/mol. The fraction of sp³-hybridized carbons (Fsp3) is 0.143. The van der Waals surface area contributed by atoms with Crippen LogP contribution in [0.1, 0.15) is 26.4 Å². The third-order valence-electron chi connectivity index (χ3n) is 5.27. The number of amides is 2. The Labute approximate surface area is 184 Å². The van der Waals surface area contributed by atoms with Gasteiger partial charge in [-0.3, -0.25) is 28.8 Å². The van der Waals surface area contributed by atoms with E-state index in [9.17, 15) is 19.2 Å². The van der Waals surface area contributed by atoms with Gasteiger partial charge in [-0.25, -0.2) is 0 Å². The number of para-hydroxylation sites is 1. The van der Waals surface area contributed by atoms with E-state index < -0.39 is 23.4 Å². The third kappa shape index (κ3) is 3.15. The lowest BCUT2D eigenvalue weighted by atomic mass is 10.1. The highest BCUT2D eigenvalue weighted by atomic mass is 79.9. The molecule has 0 spiro atoms. The molecule has 0 fully saturated rings. The van der Waals surface area contributed by atoms with E-state index in [4.69, 9.17) is 0 Å². The summed E-state index contributed by atoms with van der Waals surface area (Å²) in [5, 5.41) is 8.13. The van der Waals surface area contributed by atoms with Crippen molar-refractivity contribution in [3.63, 3.8) is 0 Å². The van der Waals surface area contributed by atoms with Gasteiger partial charge < -0.3 is 4.90 Å². The fourth-order valence-corrected chi connectivity index (χ4v) is 4.15. The van der Waals surface area contributed by atoms with Crippen molar-refractivity contribution in [2.24, 2.45) is 0 Å². The molecule has 3 heterocycles. The van der Waals surface area contributed by atoms with Crippen LogP contribution in [0.25, 0.3) is 0 Å². The number of Topliss-reactive ketones (excluding diaryl/α,β-unsaturated/α-hetero) is 2. The second kappa shape index (κ2) is 7.24. The predicted octanol–water partition coefficient (Wildman–Crippen LogP) is 2.00. The first-order valence-electron chi connectivity index (χ1n) is 9.44. The number of benzene rings is 2. The second-order valence-electron chi connectivity index (χ2n) is 7.16. The van der Waals surface area contributed by atoms with Gasteiger partial charge in [0, 0.05) is 11.0 Å². The van der Waals surface area contributed by atoms with Gasteiger partial charge in [0.05, 0.1) is 41.8 Å². The first-order chi connectivity index (χ1) is 14.9. The molecular weight excluding hydrogens is 466 g/mol. The summed E-state index contributed by atoms with van der Waals surface area (Å²) in [7, 11) is 0. The molecule has 0 unspecified atom stereocenters. The van der Waals surface area contributed by atoms with Gasteiger partial charge in [0.25, 0.3) is 23.4 Å². The second-order valence-corrected chi connectivity index (χ2v) is 8.07. The normalized spacial score (nSPS) is 15.1. The van der Waals surface area contributed by atoms with Crippen molar-refractivity contribution >= 4 is 50.7 Å². The molecule has 31 heavy (non-hydrogen) atoms. The molecule has 2 aliphatic rings. The molecule has 9 nitrogen and oxygen atoms in total. The van der Waals surface area contributed by atoms with Crippen molar-refractivity contribution in [3.05, 3.63) is 70.0 Å². The number of hydrogen-bond donors (Lipinski definition) is 0. The maximum atomic E-state index is 12.4. The van der Waals surface area contributed by atoms with E-state index in [0.717, 1.165) is 4.47 Å². The number of rotatable bonds is 5. The number of aromatic nitrogens is 3. The molecule has 0 radical (unpaired) electrons. The molecule has 2 amide bonds. The number of carbonyl (C=O) groups excluding carboxylic acids is 4. The van der Waals surface area contributed by atoms with E-state index in [1.165, 1.54) is 9.80 Å². The number of nitrogens with zero attached hydrogens (tertiary/aromatic N) is 5. The lowest BCUT2D eigenvalue weighted by Crippen LogP contribution is -2.32. The highest BCUT2D eigenvalue weighted by Crippen LogP contribution is 2.32. The van der Waals surface area contributed by atoms with Gasteiger partial charge in [0.1, 0.15) is 5.69 Å². The average Bonchev–Trinajstić information content (AvgIpc) is 3.39. The molecule has 10 heteroatoms. The van der Waals surface area contributed by atoms with Gasteiger partial charge in [-0.05, 0) is 30.3 Å². The molecule has 0 bridgehead atoms. The molecular formula is C21H14BrN5O4.